The predicted molar refractivity (Wildman–Crippen MR) is 111 cm³/mol. The second-order valence-corrected chi connectivity index (χ2v) is 7.07. The molecule has 6 nitrogen and oxygen atoms in total. The van der Waals surface area contributed by atoms with E-state index in [1.54, 1.807) is 14.1 Å². The van der Waals surface area contributed by atoms with Crippen molar-refractivity contribution in [2.24, 2.45) is 4.99 Å². The lowest BCUT2D eigenvalue weighted by atomic mass is 10.0. The Hall–Kier alpha value is -3.02. The van der Waals surface area contributed by atoms with Crippen LogP contribution in [-0.2, 0) is 24.3 Å². The molecule has 0 fully saturated rings. The van der Waals surface area contributed by atoms with Gasteiger partial charge in [0.1, 0.15) is 5.75 Å². The largest absolute Gasteiger partial charge is 0.484 e. The Balaban J connectivity index is 1.57. The van der Waals surface area contributed by atoms with E-state index in [0.29, 0.717) is 12.3 Å². The smallest absolute Gasteiger partial charge is 0.259 e. The van der Waals surface area contributed by atoms with Crippen LogP contribution < -0.4 is 10.1 Å². The summed E-state index contributed by atoms with van der Waals surface area (Å²) in [6.07, 6.45) is 1.03. The maximum absolute atomic E-state index is 11.7. The summed E-state index contributed by atoms with van der Waals surface area (Å²) in [6.45, 7) is 2.50. The number of fused-ring (bicyclic) bond motifs is 1. The Kier molecular flexibility index (Phi) is 6.53. The lowest BCUT2D eigenvalue weighted by Crippen LogP contribution is -2.43. The van der Waals surface area contributed by atoms with Crippen LogP contribution in [0.15, 0.2) is 53.5 Å². The molecule has 0 aliphatic carbocycles. The Morgan fingerprint density at radius 1 is 1.18 bits per heavy atom. The van der Waals surface area contributed by atoms with E-state index in [2.05, 4.69) is 39.5 Å². The van der Waals surface area contributed by atoms with E-state index in [1.807, 2.05) is 31.3 Å². The number of carbonyl (C=O) groups excluding carboxylic acids is 1. The molecule has 0 saturated carbocycles. The third-order valence-electron chi connectivity index (χ3n) is 4.85. The van der Waals surface area contributed by atoms with Crippen LogP contribution in [0, 0.1) is 0 Å². The van der Waals surface area contributed by atoms with E-state index < -0.39 is 0 Å². The molecule has 2 aromatic rings. The summed E-state index contributed by atoms with van der Waals surface area (Å²) in [4.78, 5) is 19.9. The number of hydrogen-bond acceptors (Lipinski definition) is 3. The highest BCUT2D eigenvalue weighted by molar-refractivity contribution is 5.80. The zero-order valence-electron chi connectivity index (χ0n) is 16.8. The van der Waals surface area contributed by atoms with Crippen molar-refractivity contribution in [2.45, 2.75) is 19.5 Å². The molecule has 1 N–H and O–H groups in total. The molecule has 0 spiro atoms. The molecule has 28 heavy (non-hydrogen) atoms. The number of aliphatic imine (C=N–C) groups is 1. The summed E-state index contributed by atoms with van der Waals surface area (Å²) < 4.78 is 5.60. The van der Waals surface area contributed by atoms with Crippen LogP contribution in [0.4, 0.5) is 0 Å². The van der Waals surface area contributed by atoms with Gasteiger partial charge in [-0.1, -0.05) is 36.4 Å². The molecule has 0 atom stereocenters. The molecule has 0 unspecified atom stereocenters. The van der Waals surface area contributed by atoms with Crippen LogP contribution in [0.2, 0.25) is 0 Å². The number of nitrogens with one attached hydrogen (secondary N) is 1. The maximum Gasteiger partial charge on any atom is 0.259 e. The monoisotopic (exact) mass is 380 g/mol. The highest BCUT2D eigenvalue weighted by Crippen LogP contribution is 2.19. The topological polar surface area (TPSA) is 57.2 Å². The first kappa shape index (κ1) is 19.7. The number of benzene rings is 2. The van der Waals surface area contributed by atoms with Crippen molar-refractivity contribution in [2.75, 3.05) is 34.3 Å². The third kappa shape index (κ3) is 5.03. The first-order valence-electron chi connectivity index (χ1n) is 9.51. The van der Waals surface area contributed by atoms with Gasteiger partial charge in [0.05, 0.1) is 0 Å². The van der Waals surface area contributed by atoms with Crippen molar-refractivity contribution < 1.29 is 9.53 Å². The van der Waals surface area contributed by atoms with Gasteiger partial charge in [-0.05, 0) is 35.2 Å². The van der Waals surface area contributed by atoms with Gasteiger partial charge in [-0.3, -0.25) is 9.79 Å². The minimum atomic E-state index is -0.0608. The van der Waals surface area contributed by atoms with E-state index in [4.69, 9.17) is 4.74 Å². The average molecular weight is 380 g/mol. The van der Waals surface area contributed by atoms with Crippen molar-refractivity contribution in [3.8, 4) is 5.75 Å². The normalized spacial score (nSPS) is 13.7. The summed E-state index contributed by atoms with van der Waals surface area (Å²) in [5.74, 6) is 1.52. The molecular formula is C22H28N4O2. The molecule has 1 heterocycles. The van der Waals surface area contributed by atoms with Crippen LogP contribution in [0.3, 0.4) is 0 Å². The number of hydrogen-bond donors (Lipinski definition) is 1. The number of rotatable bonds is 5. The van der Waals surface area contributed by atoms with Crippen LogP contribution in [0.5, 0.6) is 5.75 Å². The number of nitrogens with zero attached hydrogens (tertiary/aromatic N) is 3. The molecular weight excluding hydrogens is 352 g/mol. The van der Waals surface area contributed by atoms with Gasteiger partial charge in [-0.25, -0.2) is 0 Å². The second kappa shape index (κ2) is 9.26. The fourth-order valence-corrected chi connectivity index (χ4v) is 3.21. The number of guanidine groups is 1. The van der Waals surface area contributed by atoms with Crippen LogP contribution in [-0.4, -0.2) is 56.0 Å². The van der Waals surface area contributed by atoms with E-state index in [0.717, 1.165) is 31.0 Å². The van der Waals surface area contributed by atoms with Gasteiger partial charge >= 0.3 is 0 Å². The van der Waals surface area contributed by atoms with Crippen molar-refractivity contribution in [1.29, 1.82) is 0 Å². The summed E-state index contributed by atoms with van der Waals surface area (Å²) in [7, 11) is 5.25. The second-order valence-electron chi connectivity index (χ2n) is 7.07. The fraction of sp³-hybridized carbons (Fsp3) is 0.364. The number of likely N-dealkylation sites (N-methyl/N-ethyl adjacent to an activating group) is 1. The fourth-order valence-electron chi connectivity index (χ4n) is 3.21. The van der Waals surface area contributed by atoms with Gasteiger partial charge in [0, 0.05) is 40.8 Å². The minimum absolute atomic E-state index is 0.0404. The standard InChI is InChI=1S/C22H28N4O2/c1-23-22(26-12-11-18-8-4-5-9-19(18)15-26)24-14-17-7-6-10-20(13-17)28-16-21(27)25(2)3/h4-10,13H,11-12,14-16H2,1-3H3,(H,23,24). The quantitative estimate of drug-likeness (QED) is 0.639. The Bertz CT molecular complexity index is 848. The van der Waals surface area contributed by atoms with Crippen LogP contribution >= 0.6 is 0 Å². The zero-order chi connectivity index (χ0) is 19.9. The maximum atomic E-state index is 11.7. The van der Waals surface area contributed by atoms with Crippen molar-refractivity contribution in [1.82, 2.24) is 15.1 Å². The molecule has 0 radical (unpaired) electrons. The zero-order valence-corrected chi connectivity index (χ0v) is 16.8. The summed E-state index contributed by atoms with van der Waals surface area (Å²) in [5, 5.41) is 3.44. The molecule has 1 aliphatic rings. The number of ether oxygens (including phenoxy) is 1. The molecule has 1 aliphatic heterocycles. The number of amides is 1. The summed E-state index contributed by atoms with van der Waals surface area (Å²) in [6, 6.07) is 16.4. The van der Waals surface area contributed by atoms with Gasteiger partial charge in [-0.2, -0.15) is 0 Å². The molecule has 1 amide bonds. The first-order chi connectivity index (χ1) is 13.6. The predicted octanol–water partition coefficient (Wildman–Crippen LogP) is 2.29. The van der Waals surface area contributed by atoms with Gasteiger partial charge in [0.15, 0.2) is 12.6 Å². The Morgan fingerprint density at radius 3 is 2.71 bits per heavy atom. The minimum Gasteiger partial charge on any atom is -0.484 e. The van der Waals surface area contributed by atoms with Crippen molar-refractivity contribution in [3.63, 3.8) is 0 Å². The van der Waals surface area contributed by atoms with Crippen molar-refractivity contribution >= 4 is 11.9 Å². The van der Waals surface area contributed by atoms with Gasteiger partial charge in [0.25, 0.3) is 5.91 Å². The molecule has 0 bridgehead atoms. The van der Waals surface area contributed by atoms with Crippen molar-refractivity contribution in [3.05, 3.63) is 65.2 Å². The molecule has 2 aromatic carbocycles. The van der Waals surface area contributed by atoms with Crippen LogP contribution in [0.1, 0.15) is 16.7 Å². The first-order valence-corrected chi connectivity index (χ1v) is 9.51. The molecule has 3 rings (SSSR count). The van der Waals surface area contributed by atoms with Gasteiger partial charge < -0.3 is 19.9 Å². The van der Waals surface area contributed by atoms with E-state index in [9.17, 15) is 4.79 Å². The number of carbonyl (C=O) groups is 1. The molecule has 0 aromatic heterocycles. The average Bonchev–Trinajstić information content (AvgIpc) is 2.72. The van der Waals surface area contributed by atoms with Gasteiger partial charge in [-0.15, -0.1) is 0 Å². The highest BCUT2D eigenvalue weighted by atomic mass is 16.5. The lowest BCUT2D eigenvalue weighted by molar-refractivity contribution is -0.130. The van der Waals surface area contributed by atoms with E-state index >= 15 is 0 Å². The van der Waals surface area contributed by atoms with E-state index in [1.165, 1.54) is 16.0 Å². The summed E-state index contributed by atoms with van der Waals surface area (Å²) >= 11 is 0. The molecule has 0 saturated heterocycles. The molecule has 6 heteroatoms. The van der Waals surface area contributed by atoms with Crippen LogP contribution in [0.25, 0.3) is 0 Å². The Labute approximate surface area is 166 Å². The SMILES string of the molecule is CN=C(NCc1cccc(OCC(=O)N(C)C)c1)N1CCc2ccccc2C1. The van der Waals surface area contributed by atoms with Gasteiger partial charge in [0.2, 0.25) is 0 Å². The highest BCUT2D eigenvalue weighted by Gasteiger charge is 2.18. The summed E-state index contributed by atoms with van der Waals surface area (Å²) in [5.41, 5.74) is 3.86. The third-order valence-corrected chi connectivity index (χ3v) is 4.85. The Morgan fingerprint density at radius 2 is 1.96 bits per heavy atom. The van der Waals surface area contributed by atoms with E-state index in [-0.39, 0.29) is 12.5 Å². The molecule has 148 valence electrons. The lowest BCUT2D eigenvalue weighted by Gasteiger charge is -2.31.